The molecule has 0 bridgehead atoms. The third-order valence-corrected chi connectivity index (χ3v) is 3.58. The third kappa shape index (κ3) is 3.26. The number of benzene rings is 1. The fourth-order valence-electron chi connectivity index (χ4n) is 1.50. The molecule has 0 unspecified atom stereocenters. The summed E-state index contributed by atoms with van der Waals surface area (Å²) in [5, 5.41) is 0. The van der Waals surface area contributed by atoms with Crippen molar-refractivity contribution in [2.24, 2.45) is 0 Å². The second kappa shape index (κ2) is 5.60. The van der Waals surface area contributed by atoms with Gasteiger partial charge in [-0.2, -0.15) is 0 Å². The number of halogens is 2. The summed E-state index contributed by atoms with van der Waals surface area (Å²) in [7, 11) is 2.01. The van der Waals surface area contributed by atoms with Gasteiger partial charge in [-0.1, -0.05) is 34.1 Å². The lowest BCUT2D eigenvalue weighted by molar-refractivity contribution is 0.885. The van der Waals surface area contributed by atoms with Gasteiger partial charge in [0.2, 0.25) is 0 Å². The average molecular weight is 357 g/mol. The van der Waals surface area contributed by atoms with Gasteiger partial charge in [-0.15, -0.1) is 0 Å². The Morgan fingerprint density at radius 2 is 1.94 bits per heavy atom. The van der Waals surface area contributed by atoms with E-state index in [1.165, 1.54) is 5.56 Å². The molecular formula is C12H11Br2N3. The first-order valence-corrected chi connectivity index (χ1v) is 6.67. The van der Waals surface area contributed by atoms with Crippen LogP contribution in [0.1, 0.15) is 5.56 Å². The highest BCUT2D eigenvalue weighted by Crippen LogP contribution is 2.20. The summed E-state index contributed by atoms with van der Waals surface area (Å²) >= 11 is 6.89. The van der Waals surface area contributed by atoms with E-state index in [2.05, 4.69) is 52.8 Å². The lowest BCUT2D eigenvalue weighted by Gasteiger charge is -2.18. The highest BCUT2D eigenvalue weighted by molar-refractivity contribution is 9.10. The normalized spacial score (nSPS) is 10.3. The second-order valence-corrected chi connectivity index (χ2v) is 5.31. The lowest BCUT2D eigenvalue weighted by atomic mass is 10.2. The van der Waals surface area contributed by atoms with Crippen LogP contribution in [0.3, 0.4) is 0 Å². The summed E-state index contributed by atoms with van der Waals surface area (Å²) in [6.07, 6.45) is 1.55. The molecule has 0 N–H and O–H groups in total. The third-order valence-electron chi connectivity index (χ3n) is 2.38. The zero-order valence-corrected chi connectivity index (χ0v) is 12.4. The van der Waals surface area contributed by atoms with Gasteiger partial charge in [-0.05, 0) is 27.6 Å². The van der Waals surface area contributed by atoms with Gasteiger partial charge >= 0.3 is 0 Å². The van der Waals surface area contributed by atoms with Crippen LogP contribution in [-0.2, 0) is 6.54 Å². The van der Waals surface area contributed by atoms with E-state index in [4.69, 9.17) is 0 Å². The summed E-state index contributed by atoms with van der Waals surface area (Å²) in [6.45, 7) is 0.797. The standard InChI is InChI=1S/C12H11Br2N3/c1-17(12-6-11(14)15-8-16-12)7-9-4-2-3-5-10(9)13/h2-6,8H,7H2,1H3. The van der Waals surface area contributed by atoms with Crippen LogP contribution in [0.2, 0.25) is 0 Å². The maximum Gasteiger partial charge on any atom is 0.133 e. The Morgan fingerprint density at radius 3 is 2.65 bits per heavy atom. The van der Waals surface area contributed by atoms with Crippen LogP contribution in [0.5, 0.6) is 0 Å². The highest BCUT2D eigenvalue weighted by Gasteiger charge is 2.06. The molecule has 1 heterocycles. The molecule has 0 radical (unpaired) electrons. The number of hydrogen-bond donors (Lipinski definition) is 0. The van der Waals surface area contributed by atoms with Gasteiger partial charge < -0.3 is 4.90 Å². The van der Waals surface area contributed by atoms with Crippen LogP contribution in [0.4, 0.5) is 5.82 Å². The predicted molar refractivity (Wildman–Crippen MR) is 76.0 cm³/mol. The van der Waals surface area contributed by atoms with Gasteiger partial charge in [-0.25, -0.2) is 9.97 Å². The molecule has 2 rings (SSSR count). The van der Waals surface area contributed by atoms with Gasteiger partial charge in [0, 0.05) is 24.1 Å². The summed E-state index contributed by atoms with van der Waals surface area (Å²) in [5.41, 5.74) is 1.23. The fourth-order valence-corrected chi connectivity index (χ4v) is 2.20. The van der Waals surface area contributed by atoms with Crippen LogP contribution in [-0.4, -0.2) is 17.0 Å². The van der Waals surface area contributed by atoms with Crippen LogP contribution < -0.4 is 4.90 Å². The molecule has 1 aromatic carbocycles. The topological polar surface area (TPSA) is 29.0 Å². The number of aromatic nitrogens is 2. The Labute approximate surface area is 117 Å². The quantitative estimate of drug-likeness (QED) is 0.786. The van der Waals surface area contributed by atoms with Crippen LogP contribution in [0, 0.1) is 0 Å². The van der Waals surface area contributed by atoms with E-state index in [1.807, 2.05) is 31.3 Å². The highest BCUT2D eigenvalue weighted by atomic mass is 79.9. The number of nitrogens with zero attached hydrogens (tertiary/aromatic N) is 3. The second-order valence-electron chi connectivity index (χ2n) is 3.65. The van der Waals surface area contributed by atoms with Crippen molar-refractivity contribution in [2.45, 2.75) is 6.54 Å². The van der Waals surface area contributed by atoms with Crippen molar-refractivity contribution in [1.82, 2.24) is 9.97 Å². The van der Waals surface area contributed by atoms with Crippen LogP contribution in [0.25, 0.3) is 0 Å². The Balaban J connectivity index is 2.17. The molecule has 0 spiro atoms. The summed E-state index contributed by atoms with van der Waals surface area (Å²) < 4.78 is 1.90. The Kier molecular flexibility index (Phi) is 4.12. The zero-order valence-electron chi connectivity index (χ0n) is 9.27. The largest absolute Gasteiger partial charge is 0.355 e. The van der Waals surface area contributed by atoms with Gasteiger partial charge in [0.25, 0.3) is 0 Å². The van der Waals surface area contributed by atoms with Gasteiger partial charge in [0.15, 0.2) is 0 Å². The SMILES string of the molecule is CN(Cc1ccccc1Br)c1cc(Br)ncn1. The van der Waals surface area contributed by atoms with Crippen molar-refractivity contribution in [3.8, 4) is 0 Å². The molecule has 0 saturated heterocycles. The number of anilines is 1. The van der Waals surface area contributed by atoms with Gasteiger partial charge in [0.05, 0.1) is 0 Å². The molecule has 0 atom stereocenters. The van der Waals surface area contributed by atoms with E-state index in [-0.39, 0.29) is 0 Å². The predicted octanol–water partition coefficient (Wildman–Crippen LogP) is 3.64. The van der Waals surface area contributed by atoms with Crippen molar-refractivity contribution in [1.29, 1.82) is 0 Å². The van der Waals surface area contributed by atoms with Crippen molar-refractivity contribution >= 4 is 37.7 Å². The first-order valence-electron chi connectivity index (χ1n) is 5.09. The van der Waals surface area contributed by atoms with Crippen molar-refractivity contribution in [2.75, 3.05) is 11.9 Å². The maximum absolute atomic E-state index is 4.23. The minimum absolute atomic E-state index is 0.793. The summed E-state index contributed by atoms with van der Waals surface area (Å²) in [4.78, 5) is 10.3. The lowest BCUT2D eigenvalue weighted by Crippen LogP contribution is -2.18. The molecule has 5 heteroatoms. The monoisotopic (exact) mass is 355 g/mol. The first-order chi connectivity index (χ1) is 8.16. The van der Waals surface area contributed by atoms with Gasteiger partial charge in [-0.3, -0.25) is 0 Å². The summed E-state index contributed by atoms with van der Waals surface area (Å²) in [5.74, 6) is 0.891. The molecule has 0 amide bonds. The molecule has 2 aromatic rings. The average Bonchev–Trinajstić information content (AvgIpc) is 2.32. The van der Waals surface area contributed by atoms with Crippen molar-refractivity contribution in [3.63, 3.8) is 0 Å². The smallest absolute Gasteiger partial charge is 0.133 e. The Hall–Kier alpha value is -0.940. The molecular weight excluding hydrogens is 346 g/mol. The van der Waals surface area contributed by atoms with E-state index in [0.717, 1.165) is 21.4 Å². The van der Waals surface area contributed by atoms with Crippen LogP contribution >= 0.6 is 31.9 Å². The molecule has 0 saturated carbocycles. The molecule has 0 aliphatic rings. The minimum atomic E-state index is 0.793. The molecule has 17 heavy (non-hydrogen) atoms. The minimum Gasteiger partial charge on any atom is -0.355 e. The van der Waals surface area contributed by atoms with E-state index >= 15 is 0 Å². The van der Waals surface area contributed by atoms with Crippen molar-refractivity contribution in [3.05, 3.63) is 51.3 Å². The Morgan fingerprint density at radius 1 is 1.18 bits per heavy atom. The van der Waals surface area contributed by atoms with Crippen LogP contribution in [0.15, 0.2) is 45.7 Å². The van der Waals surface area contributed by atoms with Crippen molar-refractivity contribution < 1.29 is 0 Å². The number of rotatable bonds is 3. The Bertz CT molecular complexity index is 517. The fraction of sp³-hybridized carbons (Fsp3) is 0.167. The zero-order chi connectivity index (χ0) is 12.3. The molecule has 88 valence electrons. The molecule has 0 aliphatic heterocycles. The molecule has 0 fully saturated rings. The van der Waals surface area contributed by atoms with E-state index in [1.54, 1.807) is 6.33 Å². The number of hydrogen-bond acceptors (Lipinski definition) is 3. The molecule has 0 aliphatic carbocycles. The summed E-state index contributed by atoms with van der Waals surface area (Å²) in [6, 6.07) is 10.1. The molecule has 1 aromatic heterocycles. The first kappa shape index (κ1) is 12.5. The maximum atomic E-state index is 4.23. The van der Waals surface area contributed by atoms with E-state index < -0.39 is 0 Å². The van der Waals surface area contributed by atoms with Gasteiger partial charge in [0.1, 0.15) is 16.7 Å². The van der Waals surface area contributed by atoms with E-state index in [0.29, 0.717) is 0 Å². The van der Waals surface area contributed by atoms with E-state index in [9.17, 15) is 0 Å². The molecule has 3 nitrogen and oxygen atoms in total.